The van der Waals surface area contributed by atoms with Gasteiger partial charge in [-0.25, -0.2) is 0 Å². The van der Waals surface area contributed by atoms with Gasteiger partial charge in [0.05, 0.1) is 12.8 Å². The summed E-state index contributed by atoms with van der Waals surface area (Å²) in [7, 11) is 1.58. The van der Waals surface area contributed by atoms with Crippen LogP contribution >= 0.6 is 0 Å². The first-order valence-corrected chi connectivity index (χ1v) is 7.73. The molecule has 0 radical (unpaired) electrons. The molecule has 1 heterocycles. The lowest BCUT2D eigenvalue weighted by Gasteiger charge is -2.20. The van der Waals surface area contributed by atoms with Gasteiger partial charge in [0.15, 0.2) is 12.7 Å². The number of hydrogen-bond donors (Lipinski definition) is 2. The first-order valence-electron chi connectivity index (χ1n) is 7.73. The molecule has 0 saturated carbocycles. The van der Waals surface area contributed by atoms with E-state index in [4.69, 9.17) is 14.2 Å². The van der Waals surface area contributed by atoms with Crippen molar-refractivity contribution < 1.29 is 23.8 Å². The Kier molecular flexibility index (Phi) is 4.74. The van der Waals surface area contributed by atoms with E-state index in [9.17, 15) is 9.59 Å². The van der Waals surface area contributed by atoms with Gasteiger partial charge in [-0.1, -0.05) is 0 Å². The predicted molar refractivity (Wildman–Crippen MR) is 92.3 cm³/mol. The molecule has 2 aromatic carbocycles. The van der Waals surface area contributed by atoms with Crippen molar-refractivity contribution in [1.82, 2.24) is 0 Å². The molecule has 2 N–H and O–H groups in total. The van der Waals surface area contributed by atoms with Crippen LogP contribution in [0.4, 0.5) is 11.4 Å². The highest BCUT2D eigenvalue weighted by Crippen LogP contribution is 2.31. The molecular formula is C18H18N2O5. The summed E-state index contributed by atoms with van der Waals surface area (Å²) in [5, 5.41) is 5.47. The highest BCUT2D eigenvalue weighted by molar-refractivity contribution is 5.96. The molecule has 1 atom stereocenters. The third-order valence-electron chi connectivity index (χ3n) is 3.62. The topological polar surface area (TPSA) is 85.9 Å². The smallest absolute Gasteiger partial charge is 0.265 e. The van der Waals surface area contributed by atoms with E-state index in [1.807, 2.05) is 0 Å². The molecule has 1 aliphatic rings. The van der Waals surface area contributed by atoms with Crippen LogP contribution in [0.2, 0.25) is 0 Å². The Bertz CT molecular complexity index is 789. The molecule has 7 heteroatoms. The number of hydrogen-bond acceptors (Lipinski definition) is 5. The summed E-state index contributed by atoms with van der Waals surface area (Å²) in [6.07, 6.45) is -0.722. The molecule has 0 aliphatic carbocycles. The van der Waals surface area contributed by atoms with Crippen molar-refractivity contribution >= 4 is 23.2 Å². The Hall–Kier alpha value is -3.22. The summed E-state index contributed by atoms with van der Waals surface area (Å²) < 4.78 is 16.0. The zero-order valence-electron chi connectivity index (χ0n) is 13.9. The Morgan fingerprint density at radius 3 is 2.64 bits per heavy atom. The molecule has 0 saturated heterocycles. The maximum absolute atomic E-state index is 12.3. The van der Waals surface area contributed by atoms with E-state index in [2.05, 4.69) is 10.6 Å². The van der Waals surface area contributed by atoms with E-state index in [0.29, 0.717) is 28.6 Å². The molecule has 7 nitrogen and oxygen atoms in total. The SMILES string of the molecule is COc1ccc(NC(=O)C(C)Oc2ccc3c(c2)NC(=O)CO3)cc1. The van der Waals surface area contributed by atoms with Gasteiger partial charge < -0.3 is 24.8 Å². The highest BCUT2D eigenvalue weighted by atomic mass is 16.5. The Morgan fingerprint density at radius 1 is 1.20 bits per heavy atom. The van der Waals surface area contributed by atoms with E-state index >= 15 is 0 Å². The molecule has 3 rings (SSSR count). The summed E-state index contributed by atoms with van der Waals surface area (Å²) in [6.45, 7) is 1.64. The lowest BCUT2D eigenvalue weighted by molar-refractivity contribution is -0.122. The van der Waals surface area contributed by atoms with Crippen molar-refractivity contribution in [2.24, 2.45) is 0 Å². The molecule has 25 heavy (non-hydrogen) atoms. The highest BCUT2D eigenvalue weighted by Gasteiger charge is 2.19. The first kappa shape index (κ1) is 16.6. The molecule has 0 aromatic heterocycles. The average molecular weight is 342 g/mol. The normalized spacial score (nSPS) is 13.8. The van der Waals surface area contributed by atoms with Gasteiger partial charge in [-0.2, -0.15) is 0 Å². The summed E-state index contributed by atoms with van der Waals surface area (Å²) in [6, 6.07) is 12.0. The monoisotopic (exact) mass is 342 g/mol. The second-order valence-electron chi connectivity index (χ2n) is 5.47. The maximum Gasteiger partial charge on any atom is 0.265 e. The van der Waals surface area contributed by atoms with Gasteiger partial charge >= 0.3 is 0 Å². The number of benzene rings is 2. The molecule has 2 amide bonds. The number of ether oxygens (including phenoxy) is 3. The second kappa shape index (κ2) is 7.12. The van der Waals surface area contributed by atoms with Crippen LogP contribution in [0.3, 0.4) is 0 Å². The quantitative estimate of drug-likeness (QED) is 0.872. The fourth-order valence-corrected chi connectivity index (χ4v) is 2.31. The van der Waals surface area contributed by atoms with Gasteiger partial charge in [-0.3, -0.25) is 9.59 Å². The predicted octanol–water partition coefficient (Wildman–Crippen LogP) is 2.43. The van der Waals surface area contributed by atoms with Crippen LogP contribution in [0.1, 0.15) is 6.92 Å². The van der Waals surface area contributed by atoms with E-state index in [1.54, 1.807) is 56.5 Å². The lowest BCUT2D eigenvalue weighted by atomic mass is 10.2. The van der Waals surface area contributed by atoms with Crippen LogP contribution in [0, 0.1) is 0 Å². The Balaban J connectivity index is 1.63. The van der Waals surface area contributed by atoms with Crippen molar-refractivity contribution in [1.29, 1.82) is 0 Å². The number of fused-ring (bicyclic) bond motifs is 1. The standard InChI is InChI=1S/C18H18N2O5/c1-11(18(22)19-12-3-5-13(23-2)6-4-12)25-14-7-8-16-15(9-14)20-17(21)10-24-16/h3-9,11H,10H2,1-2H3,(H,19,22)(H,20,21). The number of methoxy groups -OCH3 is 1. The maximum atomic E-state index is 12.3. The molecule has 0 fully saturated rings. The van der Waals surface area contributed by atoms with Crippen molar-refractivity contribution in [3.8, 4) is 17.2 Å². The fraction of sp³-hybridized carbons (Fsp3) is 0.222. The minimum Gasteiger partial charge on any atom is -0.497 e. The summed E-state index contributed by atoms with van der Waals surface area (Å²) in [4.78, 5) is 23.6. The number of rotatable bonds is 5. The zero-order chi connectivity index (χ0) is 17.8. The molecule has 1 aliphatic heterocycles. The molecule has 0 spiro atoms. The number of carbonyl (C=O) groups is 2. The lowest BCUT2D eigenvalue weighted by Crippen LogP contribution is -2.30. The Morgan fingerprint density at radius 2 is 1.92 bits per heavy atom. The van der Waals surface area contributed by atoms with Crippen molar-refractivity contribution in [2.75, 3.05) is 24.4 Å². The third-order valence-corrected chi connectivity index (χ3v) is 3.62. The van der Waals surface area contributed by atoms with E-state index in [1.165, 1.54) is 0 Å². The van der Waals surface area contributed by atoms with Crippen LogP contribution in [0.5, 0.6) is 17.2 Å². The third kappa shape index (κ3) is 4.00. The summed E-state index contributed by atoms with van der Waals surface area (Å²) in [5.41, 5.74) is 1.17. The van der Waals surface area contributed by atoms with Gasteiger partial charge in [0.1, 0.15) is 17.2 Å². The summed E-state index contributed by atoms with van der Waals surface area (Å²) in [5.74, 6) is 1.22. The van der Waals surface area contributed by atoms with Crippen LogP contribution in [0.25, 0.3) is 0 Å². The number of carbonyl (C=O) groups excluding carboxylic acids is 2. The minimum atomic E-state index is -0.722. The molecular weight excluding hydrogens is 324 g/mol. The number of nitrogens with one attached hydrogen (secondary N) is 2. The fourth-order valence-electron chi connectivity index (χ4n) is 2.31. The average Bonchev–Trinajstić information content (AvgIpc) is 2.62. The van der Waals surface area contributed by atoms with Gasteiger partial charge in [-0.05, 0) is 43.3 Å². The van der Waals surface area contributed by atoms with Crippen LogP contribution in [-0.4, -0.2) is 31.6 Å². The molecule has 2 aromatic rings. The van der Waals surface area contributed by atoms with Crippen molar-refractivity contribution in [2.45, 2.75) is 13.0 Å². The van der Waals surface area contributed by atoms with Gasteiger partial charge in [0.2, 0.25) is 0 Å². The number of anilines is 2. The number of amides is 2. The van der Waals surface area contributed by atoms with Crippen LogP contribution in [-0.2, 0) is 9.59 Å². The second-order valence-corrected chi connectivity index (χ2v) is 5.47. The largest absolute Gasteiger partial charge is 0.497 e. The molecule has 130 valence electrons. The summed E-state index contributed by atoms with van der Waals surface area (Å²) >= 11 is 0. The minimum absolute atomic E-state index is 0.00608. The van der Waals surface area contributed by atoms with Gasteiger partial charge in [0, 0.05) is 11.8 Å². The van der Waals surface area contributed by atoms with Crippen LogP contribution in [0.15, 0.2) is 42.5 Å². The van der Waals surface area contributed by atoms with E-state index in [-0.39, 0.29) is 18.4 Å². The van der Waals surface area contributed by atoms with Crippen molar-refractivity contribution in [3.05, 3.63) is 42.5 Å². The molecule has 1 unspecified atom stereocenters. The molecule has 0 bridgehead atoms. The first-order chi connectivity index (χ1) is 12.0. The van der Waals surface area contributed by atoms with Crippen molar-refractivity contribution in [3.63, 3.8) is 0 Å². The van der Waals surface area contributed by atoms with E-state index in [0.717, 1.165) is 0 Å². The van der Waals surface area contributed by atoms with Gasteiger partial charge in [0.25, 0.3) is 11.8 Å². The van der Waals surface area contributed by atoms with E-state index < -0.39 is 6.10 Å². The van der Waals surface area contributed by atoms with Crippen LogP contribution < -0.4 is 24.8 Å². The Labute approximate surface area is 144 Å². The zero-order valence-corrected chi connectivity index (χ0v) is 13.9. The van der Waals surface area contributed by atoms with Gasteiger partial charge in [-0.15, -0.1) is 0 Å².